The maximum Gasteiger partial charge on any atom is 0.129 e. The minimum atomic E-state index is 0.225. The highest BCUT2D eigenvalue weighted by Gasteiger charge is 2.09. The number of hydrogen-bond donors (Lipinski definition) is 2. The molecule has 2 rings (SSSR count). The lowest BCUT2D eigenvalue weighted by molar-refractivity contribution is 0.476. The summed E-state index contributed by atoms with van der Waals surface area (Å²) in [5.41, 5.74) is 2.58. The molecule has 2 N–H and O–H groups in total. The molecule has 2 aromatic rings. The van der Waals surface area contributed by atoms with Crippen molar-refractivity contribution in [2.75, 3.05) is 0 Å². The van der Waals surface area contributed by atoms with Gasteiger partial charge in [-0.15, -0.1) is 0 Å². The van der Waals surface area contributed by atoms with Crippen LogP contribution in [0.25, 0.3) is 10.9 Å². The fourth-order valence-corrected chi connectivity index (χ4v) is 1.64. The maximum atomic E-state index is 9.88. The number of aromatic nitrogens is 1. The first kappa shape index (κ1) is 8.64. The summed E-state index contributed by atoms with van der Waals surface area (Å²) in [4.78, 5) is 3.06. The number of nitrogens with zero attached hydrogens (tertiary/aromatic N) is 1. The molecule has 0 atom stereocenters. The van der Waals surface area contributed by atoms with E-state index < -0.39 is 0 Å². The zero-order valence-electron chi connectivity index (χ0n) is 7.83. The van der Waals surface area contributed by atoms with Crippen molar-refractivity contribution in [3.8, 4) is 11.8 Å². The van der Waals surface area contributed by atoms with E-state index in [0.717, 1.165) is 16.5 Å². The van der Waals surface area contributed by atoms with E-state index in [2.05, 4.69) is 4.98 Å². The Morgan fingerprint density at radius 3 is 3.00 bits per heavy atom. The van der Waals surface area contributed by atoms with Crippen LogP contribution in [0.2, 0.25) is 0 Å². The molecule has 0 saturated heterocycles. The lowest BCUT2D eigenvalue weighted by Gasteiger charge is -2.02. The molecule has 1 heterocycles. The smallest absolute Gasteiger partial charge is 0.129 e. The number of nitriles is 1. The van der Waals surface area contributed by atoms with Gasteiger partial charge in [0.25, 0.3) is 0 Å². The van der Waals surface area contributed by atoms with Gasteiger partial charge in [-0.25, -0.2) is 0 Å². The first-order valence-electron chi connectivity index (χ1n) is 4.39. The maximum absolute atomic E-state index is 9.88. The molecule has 70 valence electrons. The highest BCUT2D eigenvalue weighted by atomic mass is 16.3. The summed E-state index contributed by atoms with van der Waals surface area (Å²) in [6.07, 6.45) is 2.09. The predicted octanol–water partition coefficient (Wildman–Crippen LogP) is 2.25. The number of hydrogen-bond acceptors (Lipinski definition) is 2. The number of fused-ring (bicyclic) bond motifs is 1. The second kappa shape index (κ2) is 3.08. The Kier molecular flexibility index (Phi) is 1.90. The van der Waals surface area contributed by atoms with Gasteiger partial charge in [0.05, 0.1) is 12.5 Å². The summed E-state index contributed by atoms with van der Waals surface area (Å²) < 4.78 is 0. The van der Waals surface area contributed by atoms with Crippen molar-refractivity contribution >= 4 is 10.9 Å². The van der Waals surface area contributed by atoms with Crippen molar-refractivity contribution < 1.29 is 5.11 Å². The lowest BCUT2D eigenvalue weighted by atomic mass is 10.1. The zero-order valence-corrected chi connectivity index (χ0v) is 7.83. The minimum absolute atomic E-state index is 0.225. The van der Waals surface area contributed by atoms with Gasteiger partial charge in [0.15, 0.2) is 0 Å². The van der Waals surface area contributed by atoms with Gasteiger partial charge in [-0.05, 0) is 18.6 Å². The summed E-state index contributed by atoms with van der Waals surface area (Å²) in [6, 6.07) is 5.69. The second-order valence-electron chi connectivity index (χ2n) is 3.30. The summed E-state index contributed by atoms with van der Waals surface area (Å²) in [5, 5.41) is 19.3. The minimum Gasteiger partial charge on any atom is -0.507 e. The first-order chi connectivity index (χ1) is 6.74. The summed E-state index contributed by atoms with van der Waals surface area (Å²) >= 11 is 0. The Balaban J connectivity index is 2.74. The van der Waals surface area contributed by atoms with Crippen LogP contribution in [0.1, 0.15) is 11.1 Å². The van der Waals surface area contributed by atoms with E-state index in [1.54, 1.807) is 6.07 Å². The van der Waals surface area contributed by atoms with Crippen molar-refractivity contribution in [2.24, 2.45) is 0 Å². The predicted molar refractivity (Wildman–Crippen MR) is 54.0 cm³/mol. The van der Waals surface area contributed by atoms with Crippen LogP contribution in [-0.2, 0) is 6.42 Å². The molecule has 3 nitrogen and oxygen atoms in total. The zero-order chi connectivity index (χ0) is 10.1. The number of benzene rings is 1. The Labute approximate surface area is 81.6 Å². The van der Waals surface area contributed by atoms with E-state index in [4.69, 9.17) is 5.26 Å². The summed E-state index contributed by atoms with van der Waals surface area (Å²) in [5.74, 6) is 0.225. The quantitative estimate of drug-likeness (QED) is 0.717. The third-order valence-electron chi connectivity index (χ3n) is 2.37. The average molecular weight is 186 g/mol. The Morgan fingerprint density at radius 1 is 1.50 bits per heavy atom. The van der Waals surface area contributed by atoms with Crippen LogP contribution < -0.4 is 0 Å². The van der Waals surface area contributed by atoms with E-state index in [9.17, 15) is 5.11 Å². The number of aromatic amines is 1. The van der Waals surface area contributed by atoms with Crippen LogP contribution in [0.3, 0.4) is 0 Å². The monoisotopic (exact) mass is 186 g/mol. The molecule has 0 aliphatic rings. The Morgan fingerprint density at radius 2 is 2.29 bits per heavy atom. The third-order valence-corrected chi connectivity index (χ3v) is 2.37. The Bertz CT molecular complexity index is 520. The highest BCUT2D eigenvalue weighted by Crippen LogP contribution is 2.30. The van der Waals surface area contributed by atoms with Gasteiger partial charge in [0, 0.05) is 22.7 Å². The molecular formula is C11H10N2O. The number of phenolic OH excluding ortho intramolecular Hbond substituents is 1. The van der Waals surface area contributed by atoms with Gasteiger partial charge < -0.3 is 10.1 Å². The van der Waals surface area contributed by atoms with Crippen LogP contribution in [-0.4, -0.2) is 10.1 Å². The molecule has 0 unspecified atom stereocenters. The number of rotatable bonds is 1. The van der Waals surface area contributed by atoms with E-state index in [0.29, 0.717) is 5.56 Å². The van der Waals surface area contributed by atoms with Gasteiger partial charge >= 0.3 is 0 Å². The summed E-state index contributed by atoms with van der Waals surface area (Å²) in [7, 11) is 0. The van der Waals surface area contributed by atoms with Crippen molar-refractivity contribution in [3.63, 3.8) is 0 Å². The summed E-state index contributed by atoms with van der Waals surface area (Å²) in [6.45, 7) is 1.93. The fraction of sp³-hybridized carbons (Fsp3) is 0.182. The van der Waals surface area contributed by atoms with Gasteiger partial charge in [0.1, 0.15) is 5.75 Å². The van der Waals surface area contributed by atoms with E-state index in [1.165, 1.54) is 0 Å². The molecule has 3 heteroatoms. The highest BCUT2D eigenvalue weighted by molar-refractivity contribution is 5.90. The van der Waals surface area contributed by atoms with Crippen LogP contribution >= 0.6 is 0 Å². The molecule has 0 aliphatic carbocycles. The molecule has 14 heavy (non-hydrogen) atoms. The SMILES string of the molecule is Cc1c[nH]c2ccc(CC#N)c(O)c12. The lowest BCUT2D eigenvalue weighted by Crippen LogP contribution is -1.83. The molecule has 0 fully saturated rings. The molecule has 0 aliphatic heterocycles. The molecule has 0 bridgehead atoms. The van der Waals surface area contributed by atoms with E-state index >= 15 is 0 Å². The van der Waals surface area contributed by atoms with Crippen molar-refractivity contribution in [1.29, 1.82) is 5.26 Å². The van der Waals surface area contributed by atoms with Crippen LogP contribution in [0.15, 0.2) is 18.3 Å². The van der Waals surface area contributed by atoms with Crippen molar-refractivity contribution in [1.82, 2.24) is 4.98 Å². The molecule has 0 amide bonds. The van der Waals surface area contributed by atoms with E-state index in [-0.39, 0.29) is 12.2 Å². The number of phenols is 1. The van der Waals surface area contributed by atoms with Gasteiger partial charge in [-0.3, -0.25) is 0 Å². The number of aryl methyl sites for hydroxylation is 1. The van der Waals surface area contributed by atoms with Gasteiger partial charge in [0.2, 0.25) is 0 Å². The molecule has 1 aromatic heterocycles. The fourth-order valence-electron chi connectivity index (χ4n) is 1.64. The van der Waals surface area contributed by atoms with Crippen LogP contribution in [0.5, 0.6) is 5.75 Å². The van der Waals surface area contributed by atoms with E-state index in [1.807, 2.05) is 25.3 Å². The van der Waals surface area contributed by atoms with Crippen LogP contribution in [0, 0.1) is 18.3 Å². The van der Waals surface area contributed by atoms with Crippen LogP contribution in [0.4, 0.5) is 0 Å². The topological polar surface area (TPSA) is 59.8 Å². The molecule has 1 aromatic carbocycles. The average Bonchev–Trinajstić information content (AvgIpc) is 2.54. The molecule has 0 saturated carbocycles. The van der Waals surface area contributed by atoms with Crippen molar-refractivity contribution in [2.45, 2.75) is 13.3 Å². The first-order valence-corrected chi connectivity index (χ1v) is 4.39. The third kappa shape index (κ3) is 1.12. The number of H-pyrrole nitrogens is 1. The number of nitrogens with one attached hydrogen (secondary N) is 1. The second-order valence-corrected chi connectivity index (χ2v) is 3.30. The standard InChI is InChI=1S/C11H10N2O/c1-7-6-13-9-3-2-8(4-5-12)11(14)10(7)9/h2-3,6,13-14H,4H2,1H3. The van der Waals surface area contributed by atoms with Gasteiger partial charge in [-0.1, -0.05) is 6.07 Å². The van der Waals surface area contributed by atoms with Crippen molar-refractivity contribution in [3.05, 3.63) is 29.5 Å². The molecule has 0 radical (unpaired) electrons. The molecule has 0 spiro atoms. The molecular weight excluding hydrogens is 176 g/mol. The normalized spacial score (nSPS) is 10.3. The largest absolute Gasteiger partial charge is 0.507 e. The Hall–Kier alpha value is -1.95. The number of aromatic hydroxyl groups is 1. The van der Waals surface area contributed by atoms with Gasteiger partial charge in [-0.2, -0.15) is 5.26 Å².